The zero-order valence-electron chi connectivity index (χ0n) is 9.50. The average molecular weight is 249 g/mol. The number of rotatable bonds is 2. The Balaban J connectivity index is 2.07. The van der Waals surface area contributed by atoms with Crippen molar-refractivity contribution >= 4 is 23.1 Å². The lowest BCUT2D eigenvalue weighted by atomic mass is 9.97. The number of nitrogens with two attached hydrogens (primary N) is 1. The molecule has 0 saturated carbocycles. The predicted molar refractivity (Wildman–Crippen MR) is 69.6 cm³/mol. The van der Waals surface area contributed by atoms with Crippen LogP contribution in [-0.4, -0.2) is 33.9 Å². The summed E-state index contributed by atoms with van der Waals surface area (Å²) in [7, 11) is 0. The number of aromatic nitrogens is 1. The van der Waals surface area contributed by atoms with E-state index in [9.17, 15) is 4.79 Å². The summed E-state index contributed by atoms with van der Waals surface area (Å²) in [6.07, 6.45) is 5.18. The van der Waals surface area contributed by atoms with E-state index in [2.05, 4.69) is 4.98 Å². The van der Waals surface area contributed by atoms with Crippen molar-refractivity contribution < 1.29 is 4.79 Å². The number of hydrogen-bond donors (Lipinski definition) is 1. The average Bonchev–Trinajstić information content (AvgIpc) is 2.39. The molecule has 1 amide bonds. The van der Waals surface area contributed by atoms with Crippen molar-refractivity contribution in [3.8, 4) is 0 Å². The van der Waals surface area contributed by atoms with Gasteiger partial charge < -0.3 is 10.6 Å². The Kier molecular flexibility index (Phi) is 3.68. The van der Waals surface area contributed by atoms with E-state index >= 15 is 0 Å². The molecule has 1 unspecified atom stereocenters. The van der Waals surface area contributed by atoms with E-state index in [4.69, 9.17) is 18.0 Å². The molecule has 1 aliphatic heterocycles. The van der Waals surface area contributed by atoms with Crippen LogP contribution in [0.25, 0.3) is 0 Å². The molecule has 1 aromatic heterocycles. The Morgan fingerprint density at radius 3 is 3.06 bits per heavy atom. The van der Waals surface area contributed by atoms with E-state index in [1.165, 1.54) is 0 Å². The predicted octanol–water partition coefficient (Wildman–Crippen LogP) is 1.22. The van der Waals surface area contributed by atoms with Crippen LogP contribution in [0.3, 0.4) is 0 Å². The first kappa shape index (κ1) is 12.0. The van der Waals surface area contributed by atoms with Crippen LogP contribution in [0.15, 0.2) is 24.5 Å². The standard InChI is InChI=1S/C12H15N3OS/c13-11(17)10-4-2-6-15(8-10)12(16)9-3-1-5-14-7-9/h1,3,5,7,10H,2,4,6,8H2,(H2,13,17). The fourth-order valence-corrected chi connectivity index (χ4v) is 2.26. The van der Waals surface area contributed by atoms with Gasteiger partial charge in [0.2, 0.25) is 0 Å². The molecule has 2 N–H and O–H groups in total. The molecule has 0 aromatic carbocycles. The highest BCUT2D eigenvalue weighted by molar-refractivity contribution is 7.80. The van der Waals surface area contributed by atoms with E-state index in [0.29, 0.717) is 17.1 Å². The Morgan fingerprint density at radius 2 is 2.41 bits per heavy atom. The highest BCUT2D eigenvalue weighted by atomic mass is 32.1. The maximum Gasteiger partial charge on any atom is 0.255 e. The molecule has 5 heteroatoms. The fraction of sp³-hybridized carbons (Fsp3) is 0.417. The number of nitrogens with zero attached hydrogens (tertiary/aromatic N) is 2. The van der Waals surface area contributed by atoms with E-state index < -0.39 is 0 Å². The first-order valence-electron chi connectivity index (χ1n) is 5.67. The quantitative estimate of drug-likeness (QED) is 0.801. The van der Waals surface area contributed by atoms with Gasteiger partial charge >= 0.3 is 0 Å². The summed E-state index contributed by atoms with van der Waals surface area (Å²) in [5.74, 6) is 0.165. The molecule has 1 aliphatic rings. The number of piperidine rings is 1. The van der Waals surface area contributed by atoms with Crippen LogP contribution in [0.1, 0.15) is 23.2 Å². The first-order chi connectivity index (χ1) is 8.18. The van der Waals surface area contributed by atoms with Gasteiger partial charge in [-0.05, 0) is 25.0 Å². The van der Waals surface area contributed by atoms with Gasteiger partial charge in [0.25, 0.3) is 5.91 Å². The van der Waals surface area contributed by atoms with Gasteiger partial charge in [0, 0.05) is 31.4 Å². The van der Waals surface area contributed by atoms with Crippen molar-refractivity contribution in [3.05, 3.63) is 30.1 Å². The molecule has 2 heterocycles. The molecule has 0 spiro atoms. The van der Waals surface area contributed by atoms with Gasteiger partial charge in [0.1, 0.15) is 0 Å². The summed E-state index contributed by atoms with van der Waals surface area (Å²) < 4.78 is 0. The summed E-state index contributed by atoms with van der Waals surface area (Å²) in [6.45, 7) is 1.40. The summed E-state index contributed by atoms with van der Waals surface area (Å²) >= 11 is 5.00. The molecule has 2 rings (SSSR count). The molecule has 0 aliphatic carbocycles. The Labute approximate surface area is 106 Å². The van der Waals surface area contributed by atoms with Crippen molar-refractivity contribution in [1.29, 1.82) is 0 Å². The molecule has 0 radical (unpaired) electrons. The SMILES string of the molecule is NC(=S)C1CCCN(C(=O)c2cccnc2)C1. The lowest BCUT2D eigenvalue weighted by Gasteiger charge is -2.32. The first-order valence-corrected chi connectivity index (χ1v) is 6.08. The molecule has 0 bridgehead atoms. The zero-order valence-corrected chi connectivity index (χ0v) is 10.3. The Bertz CT molecular complexity index is 421. The molecular formula is C12H15N3OS. The maximum absolute atomic E-state index is 12.2. The number of hydrogen-bond acceptors (Lipinski definition) is 3. The van der Waals surface area contributed by atoms with Gasteiger partial charge in [0.15, 0.2) is 0 Å². The van der Waals surface area contributed by atoms with Crippen LogP contribution in [0.4, 0.5) is 0 Å². The van der Waals surface area contributed by atoms with Gasteiger partial charge in [-0.2, -0.15) is 0 Å². The number of thiocarbonyl (C=S) groups is 1. The van der Waals surface area contributed by atoms with Crippen molar-refractivity contribution in [2.45, 2.75) is 12.8 Å². The monoisotopic (exact) mass is 249 g/mol. The lowest BCUT2D eigenvalue weighted by Crippen LogP contribution is -2.43. The highest BCUT2D eigenvalue weighted by Crippen LogP contribution is 2.18. The van der Waals surface area contributed by atoms with Crippen molar-refractivity contribution in [3.63, 3.8) is 0 Å². The normalized spacial score (nSPS) is 20.0. The Morgan fingerprint density at radius 1 is 1.59 bits per heavy atom. The second-order valence-electron chi connectivity index (χ2n) is 4.23. The van der Waals surface area contributed by atoms with Gasteiger partial charge in [0.05, 0.1) is 10.6 Å². The van der Waals surface area contributed by atoms with Crippen LogP contribution in [0, 0.1) is 5.92 Å². The van der Waals surface area contributed by atoms with Crippen molar-refractivity contribution in [2.24, 2.45) is 11.7 Å². The number of pyridine rings is 1. The van der Waals surface area contributed by atoms with Gasteiger partial charge in [-0.3, -0.25) is 9.78 Å². The second kappa shape index (κ2) is 5.23. The summed E-state index contributed by atoms with van der Waals surface area (Å²) in [4.78, 5) is 18.4. The highest BCUT2D eigenvalue weighted by Gasteiger charge is 2.25. The van der Waals surface area contributed by atoms with Crippen molar-refractivity contribution in [1.82, 2.24) is 9.88 Å². The van der Waals surface area contributed by atoms with E-state index in [-0.39, 0.29) is 11.8 Å². The van der Waals surface area contributed by atoms with Gasteiger partial charge in [-0.25, -0.2) is 0 Å². The Hall–Kier alpha value is -1.49. The molecule has 1 saturated heterocycles. The van der Waals surface area contributed by atoms with Gasteiger partial charge in [-0.1, -0.05) is 12.2 Å². The molecule has 90 valence electrons. The third kappa shape index (κ3) is 2.79. The number of likely N-dealkylation sites (tertiary alicyclic amines) is 1. The number of carbonyl (C=O) groups is 1. The summed E-state index contributed by atoms with van der Waals surface area (Å²) in [5, 5.41) is 0. The molecule has 4 nitrogen and oxygen atoms in total. The van der Waals surface area contributed by atoms with Crippen LogP contribution >= 0.6 is 12.2 Å². The minimum Gasteiger partial charge on any atom is -0.393 e. The van der Waals surface area contributed by atoms with Crippen molar-refractivity contribution in [2.75, 3.05) is 13.1 Å². The van der Waals surface area contributed by atoms with Gasteiger partial charge in [-0.15, -0.1) is 0 Å². The summed E-state index contributed by atoms with van der Waals surface area (Å²) in [6, 6.07) is 3.54. The molecule has 1 fully saturated rings. The van der Waals surface area contributed by atoms with E-state index in [1.807, 2.05) is 4.90 Å². The minimum absolute atomic E-state index is 0.0130. The lowest BCUT2D eigenvalue weighted by molar-refractivity contribution is 0.0703. The van der Waals surface area contributed by atoms with E-state index in [0.717, 1.165) is 19.4 Å². The largest absolute Gasteiger partial charge is 0.393 e. The fourth-order valence-electron chi connectivity index (χ4n) is 2.07. The van der Waals surface area contributed by atoms with Crippen LogP contribution in [-0.2, 0) is 0 Å². The van der Waals surface area contributed by atoms with Crippen LogP contribution in [0.2, 0.25) is 0 Å². The van der Waals surface area contributed by atoms with Crippen LogP contribution < -0.4 is 5.73 Å². The number of amides is 1. The molecule has 1 aromatic rings. The van der Waals surface area contributed by atoms with E-state index in [1.54, 1.807) is 24.5 Å². The zero-order chi connectivity index (χ0) is 12.3. The minimum atomic E-state index is 0.0130. The second-order valence-corrected chi connectivity index (χ2v) is 4.71. The topological polar surface area (TPSA) is 59.2 Å². The molecule has 1 atom stereocenters. The third-order valence-electron chi connectivity index (χ3n) is 3.02. The smallest absolute Gasteiger partial charge is 0.255 e. The van der Waals surface area contributed by atoms with Crippen LogP contribution in [0.5, 0.6) is 0 Å². The summed E-state index contributed by atoms with van der Waals surface area (Å²) in [5.41, 5.74) is 6.27. The third-order valence-corrected chi connectivity index (χ3v) is 3.35. The molecule has 17 heavy (non-hydrogen) atoms. The maximum atomic E-state index is 12.2. The number of carbonyl (C=O) groups excluding carboxylic acids is 1. The molecular weight excluding hydrogens is 234 g/mol.